The molecule has 0 saturated carbocycles. The molecule has 1 atom stereocenters. The van der Waals surface area contributed by atoms with Crippen molar-refractivity contribution in [3.8, 4) is 0 Å². The summed E-state index contributed by atoms with van der Waals surface area (Å²) in [6, 6.07) is 0. The van der Waals surface area contributed by atoms with E-state index in [4.69, 9.17) is 11.6 Å². The highest BCUT2D eigenvalue weighted by Gasteiger charge is 2.15. The number of hydrogen-bond donors (Lipinski definition) is 1. The van der Waals surface area contributed by atoms with Gasteiger partial charge in [0.15, 0.2) is 0 Å². The van der Waals surface area contributed by atoms with Crippen LogP contribution < -0.4 is 5.32 Å². The molecule has 4 nitrogen and oxygen atoms in total. The topological polar surface area (TPSA) is 55.4 Å². The van der Waals surface area contributed by atoms with E-state index in [0.29, 0.717) is 5.70 Å². The number of ether oxygens (including phenoxy) is 1. The molecule has 0 bridgehead atoms. The second kappa shape index (κ2) is 4.43. The van der Waals surface area contributed by atoms with Gasteiger partial charge in [0.1, 0.15) is 0 Å². The van der Waals surface area contributed by atoms with Gasteiger partial charge in [-0.25, -0.2) is 4.79 Å². The van der Waals surface area contributed by atoms with Crippen LogP contribution in [-0.2, 0) is 15.5 Å². The smallest absolute Gasteiger partial charge is 0.411 e. The van der Waals surface area contributed by atoms with E-state index in [2.05, 4.69) is 10.1 Å². The van der Waals surface area contributed by atoms with Gasteiger partial charge < -0.3 is 4.74 Å². The second-order valence-corrected chi connectivity index (χ2v) is 3.71. The molecule has 0 aliphatic carbocycles. The number of hydrogen-bond acceptors (Lipinski definition) is 3. The van der Waals surface area contributed by atoms with Crippen molar-refractivity contribution in [2.45, 2.75) is 6.92 Å². The minimum absolute atomic E-state index is 0.270. The van der Waals surface area contributed by atoms with Crippen LogP contribution >= 0.6 is 11.6 Å². The van der Waals surface area contributed by atoms with Gasteiger partial charge in [0.25, 0.3) is 0 Å². The number of allylic oxidation sites excluding steroid dienone is 1. The van der Waals surface area contributed by atoms with Gasteiger partial charge in [0, 0.05) is 10.8 Å². The average molecular weight is 222 g/mol. The molecule has 0 aromatic carbocycles. The summed E-state index contributed by atoms with van der Waals surface area (Å²) in [5, 5.41) is 5.32. The van der Waals surface area contributed by atoms with Gasteiger partial charge in [-0.05, 0) is 6.92 Å². The number of carbonyl (C=O) groups excluding carboxylic acids is 1. The second-order valence-electron chi connectivity index (χ2n) is 2.17. The molecule has 0 aromatic rings. The van der Waals surface area contributed by atoms with Gasteiger partial charge >= 0.3 is 6.09 Å². The minimum atomic E-state index is -1.23. The highest BCUT2D eigenvalue weighted by molar-refractivity contribution is 7.91. The molecule has 6 heteroatoms. The third kappa shape index (κ3) is 2.86. The Morgan fingerprint density at radius 1 is 1.69 bits per heavy atom. The standard InChI is InChI=1S/C7H8ClNO3S/c1-2-12-7(10)9-6-4-13(11)3-5(6)8/h3-4H,2H2,1H3,(H,9,10). The first-order valence-corrected chi connectivity index (χ1v) is 5.21. The summed E-state index contributed by atoms with van der Waals surface area (Å²) >= 11 is 5.65. The van der Waals surface area contributed by atoms with Crippen LogP contribution in [0.5, 0.6) is 0 Å². The van der Waals surface area contributed by atoms with E-state index < -0.39 is 16.9 Å². The number of rotatable bonds is 2. The predicted octanol–water partition coefficient (Wildman–Crippen LogP) is 1.42. The maximum atomic E-state index is 10.9. The van der Waals surface area contributed by atoms with E-state index in [0.717, 1.165) is 0 Å². The van der Waals surface area contributed by atoms with Gasteiger partial charge in [-0.15, -0.1) is 0 Å². The molecular weight excluding hydrogens is 214 g/mol. The highest BCUT2D eigenvalue weighted by atomic mass is 35.5. The lowest BCUT2D eigenvalue weighted by Gasteiger charge is -2.04. The van der Waals surface area contributed by atoms with Crippen molar-refractivity contribution in [3.63, 3.8) is 0 Å². The van der Waals surface area contributed by atoms with Crippen molar-refractivity contribution in [2.75, 3.05) is 6.61 Å². The molecular formula is C7H8ClNO3S. The third-order valence-corrected chi connectivity index (χ3v) is 2.60. The monoisotopic (exact) mass is 221 g/mol. The van der Waals surface area contributed by atoms with E-state index in [-0.39, 0.29) is 11.6 Å². The van der Waals surface area contributed by atoms with E-state index >= 15 is 0 Å². The van der Waals surface area contributed by atoms with Crippen molar-refractivity contribution in [1.29, 1.82) is 0 Å². The molecule has 0 radical (unpaired) electrons. The van der Waals surface area contributed by atoms with E-state index in [9.17, 15) is 9.00 Å². The van der Waals surface area contributed by atoms with Gasteiger partial charge in [0.05, 0.1) is 28.1 Å². The number of nitrogens with one attached hydrogen (secondary N) is 1. The number of carbonyl (C=O) groups is 1. The molecule has 0 saturated heterocycles. The molecule has 1 amide bonds. The van der Waals surface area contributed by atoms with E-state index in [1.807, 2.05) is 0 Å². The molecule has 1 aliphatic heterocycles. The molecule has 0 aromatic heterocycles. The summed E-state index contributed by atoms with van der Waals surface area (Å²) in [6.07, 6.45) is -0.598. The van der Waals surface area contributed by atoms with Gasteiger partial charge in [-0.3, -0.25) is 9.53 Å². The molecule has 1 unspecified atom stereocenters. The molecule has 1 heterocycles. The van der Waals surface area contributed by atoms with E-state index in [1.54, 1.807) is 6.92 Å². The Hall–Kier alpha value is -0.810. The Bertz CT molecular complexity index is 311. The minimum Gasteiger partial charge on any atom is -0.450 e. The van der Waals surface area contributed by atoms with Crippen LogP contribution in [0, 0.1) is 0 Å². The largest absolute Gasteiger partial charge is 0.450 e. The number of amides is 1. The summed E-state index contributed by atoms with van der Waals surface area (Å²) in [7, 11) is -1.23. The fraction of sp³-hybridized carbons (Fsp3) is 0.286. The normalized spacial score (nSPS) is 20.6. The average Bonchev–Trinajstić information content (AvgIpc) is 2.30. The lowest BCUT2D eigenvalue weighted by Crippen LogP contribution is -2.23. The van der Waals surface area contributed by atoms with Crippen LogP contribution in [-0.4, -0.2) is 16.9 Å². The fourth-order valence-corrected chi connectivity index (χ4v) is 1.99. The third-order valence-electron chi connectivity index (χ3n) is 1.22. The zero-order chi connectivity index (χ0) is 9.84. The maximum absolute atomic E-state index is 10.9. The fourth-order valence-electron chi connectivity index (χ4n) is 0.738. The summed E-state index contributed by atoms with van der Waals surface area (Å²) in [5.74, 6) is 0. The van der Waals surface area contributed by atoms with Gasteiger partial charge in [0.2, 0.25) is 0 Å². The van der Waals surface area contributed by atoms with Crippen LogP contribution in [0.25, 0.3) is 0 Å². The van der Waals surface area contributed by atoms with Crippen molar-refractivity contribution < 1.29 is 13.7 Å². The van der Waals surface area contributed by atoms with Crippen molar-refractivity contribution in [3.05, 3.63) is 21.5 Å². The first kappa shape index (κ1) is 10.3. The number of alkyl carbamates (subject to hydrolysis) is 1. The Balaban J connectivity index is 2.56. The van der Waals surface area contributed by atoms with Crippen LogP contribution in [0.3, 0.4) is 0 Å². The molecule has 0 fully saturated rings. The molecule has 1 N–H and O–H groups in total. The van der Waals surface area contributed by atoms with Crippen LogP contribution in [0.15, 0.2) is 21.5 Å². The first-order chi connectivity index (χ1) is 6.13. The van der Waals surface area contributed by atoms with Gasteiger partial charge in [-0.1, -0.05) is 11.6 Å². The van der Waals surface area contributed by atoms with Gasteiger partial charge in [-0.2, -0.15) is 0 Å². The highest BCUT2D eigenvalue weighted by Crippen LogP contribution is 2.20. The van der Waals surface area contributed by atoms with Crippen LogP contribution in [0.2, 0.25) is 0 Å². The van der Waals surface area contributed by atoms with Crippen molar-refractivity contribution >= 4 is 28.5 Å². The SMILES string of the molecule is CCOC(=O)NC1=CS(=O)C=C1Cl. The maximum Gasteiger partial charge on any atom is 0.411 e. The Kier molecular flexibility index (Phi) is 3.50. The summed E-state index contributed by atoms with van der Waals surface area (Å²) in [5.41, 5.74) is 0.332. The summed E-state index contributed by atoms with van der Waals surface area (Å²) < 4.78 is 15.5. The summed E-state index contributed by atoms with van der Waals surface area (Å²) in [4.78, 5) is 10.9. The molecule has 0 spiro atoms. The summed E-state index contributed by atoms with van der Waals surface area (Å²) in [6.45, 7) is 1.97. The quantitative estimate of drug-likeness (QED) is 0.767. The Labute approximate surface area is 83.0 Å². The predicted molar refractivity (Wildman–Crippen MR) is 50.3 cm³/mol. The zero-order valence-corrected chi connectivity index (χ0v) is 8.45. The van der Waals surface area contributed by atoms with Crippen LogP contribution in [0.4, 0.5) is 4.79 Å². The molecule has 72 valence electrons. The molecule has 1 aliphatic rings. The Morgan fingerprint density at radius 3 is 2.85 bits per heavy atom. The lowest BCUT2D eigenvalue weighted by atomic mass is 10.5. The zero-order valence-electron chi connectivity index (χ0n) is 6.87. The molecule has 13 heavy (non-hydrogen) atoms. The molecule has 1 rings (SSSR count). The van der Waals surface area contributed by atoms with E-state index in [1.165, 1.54) is 10.8 Å². The van der Waals surface area contributed by atoms with Crippen LogP contribution in [0.1, 0.15) is 6.92 Å². The number of halogens is 1. The van der Waals surface area contributed by atoms with Crippen molar-refractivity contribution in [1.82, 2.24) is 5.32 Å². The van der Waals surface area contributed by atoms with Crippen molar-refractivity contribution in [2.24, 2.45) is 0 Å². The first-order valence-electron chi connectivity index (χ1n) is 3.56. The lowest BCUT2D eigenvalue weighted by molar-refractivity contribution is 0.155. The Morgan fingerprint density at radius 2 is 2.38 bits per heavy atom.